The lowest BCUT2D eigenvalue weighted by molar-refractivity contribution is -0.140. The summed E-state index contributed by atoms with van der Waals surface area (Å²) in [6.07, 6.45) is 4.42. The van der Waals surface area contributed by atoms with Crippen LogP contribution in [0.3, 0.4) is 0 Å². The van der Waals surface area contributed by atoms with Crippen molar-refractivity contribution in [1.82, 2.24) is 10.6 Å². The van der Waals surface area contributed by atoms with Gasteiger partial charge in [0.2, 0.25) is 0 Å². The molecule has 19 heavy (non-hydrogen) atoms. The van der Waals surface area contributed by atoms with Gasteiger partial charge in [0.1, 0.15) is 0 Å². The van der Waals surface area contributed by atoms with Gasteiger partial charge in [0.15, 0.2) is 5.96 Å². The lowest BCUT2D eigenvalue weighted by Crippen LogP contribution is -2.47. The van der Waals surface area contributed by atoms with Gasteiger partial charge in [-0.25, -0.2) is 0 Å². The van der Waals surface area contributed by atoms with Gasteiger partial charge < -0.3 is 20.1 Å². The molecule has 2 aliphatic rings. The number of nitrogens with one attached hydrogen (secondary N) is 2. The van der Waals surface area contributed by atoms with Crippen molar-refractivity contribution >= 4 is 35.9 Å². The lowest BCUT2D eigenvalue weighted by atomic mass is 9.96. The van der Waals surface area contributed by atoms with E-state index >= 15 is 0 Å². The average molecular weight is 383 g/mol. The van der Waals surface area contributed by atoms with Gasteiger partial charge in [-0.2, -0.15) is 0 Å². The summed E-state index contributed by atoms with van der Waals surface area (Å²) in [5.74, 6) is 0.501. The summed E-state index contributed by atoms with van der Waals surface area (Å²) in [7, 11) is 3.11. The number of carbonyl (C=O) groups excluding carboxylic acids is 1. The molecule has 2 rings (SSSR count). The highest BCUT2D eigenvalue weighted by Gasteiger charge is 2.41. The van der Waals surface area contributed by atoms with E-state index in [9.17, 15) is 4.79 Å². The Balaban J connectivity index is 0.00000180. The number of rotatable bonds is 4. The molecule has 0 aromatic rings. The summed E-state index contributed by atoms with van der Waals surface area (Å²) in [5.41, 5.74) is 0. The van der Waals surface area contributed by atoms with Crippen molar-refractivity contribution in [3.05, 3.63) is 0 Å². The highest BCUT2D eigenvalue weighted by molar-refractivity contribution is 14.0. The fraction of sp³-hybridized carbons (Fsp3) is 0.833. The third-order valence-corrected chi connectivity index (χ3v) is 3.50. The molecule has 6 nitrogen and oxygen atoms in total. The zero-order valence-electron chi connectivity index (χ0n) is 11.3. The monoisotopic (exact) mass is 383 g/mol. The topological polar surface area (TPSA) is 72.0 Å². The molecule has 0 aliphatic carbocycles. The van der Waals surface area contributed by atoms with Crippen LogP contribution in [-0.2, 0) is 14.3 Å². The molecule has 2 heterocycles. The largest absolute Gasteiger partial charge is 0.469 e. The van der Waals surface area contributed by atoms with Gasteiger partial charge in [-0.15, -0.1) is 24.0 Å². The standard InChI is InChI=1S/C12H21N3O3.HI/c1-13-12(14-6-5-11(16)17-2)15-9-7-8-3-4-10(9)18-8;/h8-10H,3-7H2,1-2H3,(H2,13,14,15);1H. The van der Waals surface area contributed by atoms with Crippen molar-refractivity contribution in [2.45, 2.75) is 43.9 Å². The Kier molecular flexibility index (Phi) is 6.84. The molecule has 0 amide bonds. The number of ether oxygens (including phenoxy) is 2. The summed E-state index contributed by atoms with van der Waals surface area (Å²) in [4.78, 5) is 15.1. The predicted octanol–water partition coefficient (Wildman–Crippen LogP) is 0.652. The summed E-state index contributed by atoms with van der Waals surface area (Å²) in [5, 5.41) is 6.45. The molecule has 2 N–H and O–H groups in total. The normalized spacial score (nSPS) is 28.7. The van der Waals surface area contributed by atoms with Crippen LogP contribution in [0.5, 0.6) is 0 Å². The molecule has 2 bridgehead atoms. The van der Waals surface area contributed by atoms with E-state index in [1.807, 2.05) is 0 Å². The molecule has 3 atom stereocenters. The number of hydrogen-bond acceptors (Lipinski definition) is 4. The van der Waals surface area contributed by atoms with Gasteiger partial charge in [-0.3, -0.25) is 9.79 Å². The minimum atomic E-state index is -0.221. The summed E-state index contributed by atoms with van der Waals surface area (Å²) in [6.45, 7) is 0.522. The molecule has 0 saturated carbocycles. The summed E-state index contributed by atoms with van der Waals surface area (Å²) < 4.78 is 10.4. The molecule has 0 aromatic heterocycles. The number of guanidine groups is 1. The van der Waals surface area contributed by atoms with Crippen molar-refractivity contribution in [1.29, 1.82) is 0 Å². The third-order valence-electron chi connectivity index (χ3n) is 3.50. The van der Waals surface area contributed by atoms with E-state index in [4.69, 9.17) is 4.74 Å². The molecular weight excluding hydrogens is 361 g/mol. The average Bonchev–Trinajstić information content (AvgIpc) is 2.99. The molecule has 0 aromatic carbocycles. The number of nitrogens with zero attached hydrogens (tertiary/aromatic N) is 1. The number of methoxy groups -OCH3 is 1. The highest BCUT2D eigenvalue weighted by Crippen LogP contribution is 2.34. The summed E-state index contributed by atoms with van der Waals surface area (Å²) >= 11 is 0. The molecule has 2 saturated heterocycles. The van der Waals surface area contributed by atoms with E-state index in [1.54, 1.807) is 7.05 Å². The van der Waals surface area contributed by atoms with Crippen LogP contribution in [0.4, 0.5) is 0 Å². The van der Waals surface area contributed by atoms with E-state index in [-0.39, 0.29) is 29.9 Å². The SMILES string of the molecule is CN=C(NCCC(=O)OC)NC1CC2CCC1O2.I. The molecule has 0 spiro atoms. The minimum absolute atomic E-state index is 0. The van der Waals surface area contributed by atoms with Crippen molar-refractivity contribution < 1.29 is 14.3 Å². The third kappa shape index (κ3) is 4.48. The van der Waals surface area contributed by atoms with Gasteiger partial charge in [0, 0.05) is 13.6 Å². The number of esters is 1. The minimum Gasteiger partial charge on any atom is -0.469 e. The molecule has 7 heteroatoms. The van der Waals surface area contributed by atoms with Crippen LogP contribution in [-0.4, -0.2) is 50.9 Å². The Bertz CT molecular complexity index is 338. The smallest absolute Gasteiger partial charge is 0.307 e. The fourth-order valence-corrected chi connectivity index (χ4v) is 2.55. The Morgan fingerprint density at radius 1 is 1.47 bits per heavy atom. The molecular formula is C12H22IN3O3. The van der Waals surface area contributed by atoms with Crippen molar-refractivity contribution in [3.63, 3.8) is 0 Å². The van der Waals surface area contributed by atoms with Crippen LogP contribution in [0.25, 0.3) is 0 Å². The predicted molar refractivity (Wildman–Crippen MR) is 82.8 cm³/mol. The van der Waals surface area contributed by atoms with E-state index in [0.717, 1.165) is 18.8 Å². The number of fused-ring (bicyclic) bond motifs is 2. The van der Waals surface area contributed by atoms with Crippen LogP contribution in [0, 0.1) is 0 Å². The van der Waals surface area contributed by atoms with Gasteiger partial charge in [-0.05, 0) is 19.3 Å². The Morgan fingerprint density at radius 3 is 2.79 bits per heavy atom. The number of carbonyl (C=O) groups is 1. The van der Waals surface area contributed by atoms with Gasteiger partial charge in [0.05, 0.1) is 31.8 Å². The maximum Gasteiger partial charge on any atom is 0.307 e. The molecule has 0 radical (unpaired) electrons. The zero-order chi connectivity index (χ0) is 13.0. The fourth-order valence-electron chi connectivity index (χ4n) is 2.55. The first-order valence-corrected chi connectivity index (χ1v) is 6.42. The first-order chi connectivity index (χ1) is 8.72. The first-order valence-electron chi connectivity index (χ1n) is 6.42. The van der Waals surface area contributed by atoms with Crippen LogP contribution in [0.1, 0.15) is 25.7 Å². The second-order valence-electron chi connectivity index (χ2n) is 4.69. The van der Waals surface area contributed by atoms with Crippen molar-refractivity contribution in [3.8, 4) is 0 Å². The molecule has 2 aliphatic heterocycles. The molecule has 3 unspecified atom stereocenters. The Morgan fingerprint density at radius 2 is 2.26 bits per heavy atom. The van der Waals surface area contributed by atoms with Crippen LogP contribution < -0.4 is 10.6 Å². The quantitative estimate of drug-likeness (QED) is 0.323. The first kappa shape index (κ1) is 16.5. The van der Waals surface area contributed by atoms with Gasteiger partial charge >= 0.3 is 5.97 Å². The van der Waals surface area contributed by atoms with Crippen molar-refractivity contribution in [2.24, 2.45) is 4.99 Å². The second-order valence-corrected chi connectivity index (χ2v) is 4.69. The number of halogens is 1. The van der Waals surface area contributed by atoms with Crippen LogP contribution >= 0.6 is 24.0 Å². The van der Waals surface area contributed by atoms with E-state index in [2.05, 4.69) is 20.4 Å². The van der Waals surface area contributed by atoms with E-state index in [0.29, 0.717) is 31.2 Å². The van der Waals surface area contributed by atoms with Crippen LogP contribution in [0.15, 0.2) is 4.99 Å². The number of hydrogen-bond donors (Lipinski definition) is 2. The molecule has 110 valence electrons. The highest BCUT2D eigenvalue weighted by atomic mass is 127. The maximum atomic E-state index is 11.0. The maximum absolute atomic E-state index is 11.0. The number of aliphatic imine (C=N–C) groups is 1. The van der Waals surface area contributed by atoms with E-state index in [1.165, 1.54) is 13.5 Å². The molecule has 2 fully saturated rings. The Labute approximate surface area is 130 Å². The second kappa shape index (κ2) is 7.88. The lowest BCUT2D eigenvalue weighted by Gasteiger charge is -2.22. The zero-order valence-corrected chi connectivity index (χ0v) is 13.7. The summed E-state index contributed by atoms with van der Waals surface area (Å²) in [6, 6.07) is 0.341. The van der Waals surface area contributed by atoms with E-state index < -0.39 is 0 Å². The van der Waals surface area contributed by atoms with Crippen LogP contribution in [0.2, 0.25) is 0 Å². The van der Waals surface area contributed by atoms with Gasteiger partial charge in [-0.1, -0.05) is 0 Å². The van der Waals surface area contributed by atoms with Gasteiger partial charge in [0.25, 0.3) is 0 Å². The van der Waals surface area contributed by atoms with Crippen molar-refractivity contribution in [2.75, 3.05) is 20.7 Å². The Hall–Kier alpha value is -0.570.